The minimum atomic E-state index is 0.444. The van der Waals surface area contributed by atoms with E-state index in [4.69, 9.17) is 0 Å². The van der Waals surface area contributed by atoms with Crippen LogP contribution >= 0.6 is 0 Å². The molecule has 0 bridgehead atoms. The van der Waals surface area contributed by atoms with E-state index in [1.807, 2.05) is 6.07 Å². The molecule has 0 saturated heterocycles. The van der Waals surface area contributed by atoms with Crippen LogP contribution in [-0.2, 0) is 6.42 Å². The van der Waals surface area contributed by atoms with Gasteiger partial charge >= 0.3 is 0 Å². The molecule has 0 radical (unpaired) electrons. The van der Waals surface area contributed by atoms with Gasteiger partial charge in [-0.2, -0.15) is 0 Å². The first-order chi connectivity index (χ1) is 6.74. The Labute approximate surface area is 83.8 Å². The molecule has 0 aromatic carbocycles. The summed E-state index contributed by atoms with van der Waals surface area (Å²) in [5.41, 5.74) is 2.00. The summed E-state index contributed by atoms with van der Waals surface area (Å²) in [7, 11) is 0. The van der Waals surface area contributed by atoms with Crippen molar-refractivity contribution in [2.24, 2.45) is 0 Å². The summed E-state index contributed by atoms with van der Waals surface area (Å²) < 4.78 is 2.25. The SMILES string of the molecule is CCc1nc2ncccc2n1C(C)C. The molecule has 0 aliphatic heterocycles. The zero-order valence-electron chi connectivity index (χ0n) is 8.86. The van der Waals surface area contributed by atoms with Gasteiger partial charge in [0.05, 0.1) is 5.52 Å². The number of imidazole rings is 1. The first-order valence-electron chi connectivity index (χ1n) is 5.06. The molecule has 74 valence electrons. The van der Waals surface area contributed by atoms with Crippen molar-refractivity contribution in [1.29, 1.82) is 0 Å². The molecular weight excluding hydrogens is 174 g/mol. The minimum Gasteiger partial charge on any atom is -0.324 e. The third kappa shape index (κ3) is 1.29. The fourth-order valence-corrected chi connectivity index (χ4v) is 1.80. The summed E-state index contributed by atoms with van der Waals surface area (Å²) in [6, 6.07) is 4.48. The molecule has 2 aromatic rings. The maximum atomic E-state index is 4.50. The number of hydrogen-bond donors (Lipinski definition) is 0. The Morgan fingerprint density at radius 2 is 2.21 bits per heavy atom. The monoisotopic (exact) mass is 189 g/mol. The maximum absolute atomic E-state index is 4.50. The summed E-state index contributed by atoms with van der Waals surface area (Å²) in [6.45, 7) is 6.47. The van der Waals surface area contributed by atoms with E-state index in [2.05, 4.69) is 41.4 Å². The second-order valence-corrected chi connectivity index (χ2v) is 3.69. The highest BCUT2D eigenvalue weighted by Crippen LogP contribution is 2.19. The van der Waals surface area contributed by atoms with Gasteiger partial charge in [-0.25, -0.2) is 9.97 Å². The second kappa shape index (κ2) is 3.40. The molecule has 2 aromatic heterocycles. The second-order valence-electron chi connectivity index (χ2n) is 3.69. The van der Waals surface area contributed by atoms with Crippen LogP contribution in [0.5, 0.6) is 0 Å². The van der Waals surface area contributed by atoms with Crippen LogP contribution in [0.4, 0.5) is 0 Å². The lowest BCUT2D eigenvalue weighted by Gasteiger charge is -2.11. The lowest BCUT2D eigenvalue weighted by Crippen LogP contribution is -2.05. The number of aromatic nitrogens is 3. The molecule has 2 heterocycles. The molecule has 2 rings (SSSR count). The van der Waals surface area contributed by atoms with Gasteiger partial charge in [-0.1, -0.05) is 6.92 Å². The highest BCUT2D eigenvalue weighted by Gasteiger charge is 2.11. The van der Waals surface area contributed by atoms with Gasteiger partial charge < -0.3 is 4.57 Å². The summed E-state index contributed by atoms with van der Waals surface area (Å²) >= 11 is 0. The lowest BCUT2D eigenvalue weighted by atomic mass is 10.3. The van der Waals surface area contributed by atoms with Crippen molar-refractivity contribution in [3.8, 4) is 0 Å². The molecule has 0 aliphatic rings. The molecule has 0 unspecified atom stereocenters. The van der Waals surface area contributed by atoms with Crippen molar-refractivity contribution in [1.82, 2.24) is 14.5 Å². The number of hydrogen-bond acceptors (Lipinski definition) is 2. The smallest absolute Gasteiger partial charge is 0.177 e. The third-order valence-corrected chi connectivity index (χ3v) is 2.37. The van der Waals surface area contributed by atoms with Gasteiger partial charge in [0, 0.05) is 18.7 Å². The van der Waals surface area contributed by atoms with Crippen LogP contribution in [0.25, 0.3) is 11.2 Å². The van der Waals surface area contributed by atoms with Crippen LogP contribution < -0.4 is 0 Å². The van der Waals surface area contributed by atoms with Crippen LogP contribution in [-0.4, -0.2) is 14.5 Å². The van der Waals surface area contributed by atoms with Gasteiger partial charge in [-0.3, -0.25) is 0 Å². The normalized spacial score (nSPS) is 11.4. The van der Waals surface area contributed by atoms with E-state index < -0.39 is 0 Å². The van der Waals surface area contributed by atoms with E-state index in [9.17, 15) is 0 Å². The van der Waals surface area contributed by atoms with Gasteiger partial charge in [-0.15, -0.1) is 0 Å². The average Bonchev–Trinajstić information content (AvgIpc) is 2.55. The van der Waals surface area contributed by atoms with E-state index >= 15 is 0 Å². The van der Waals surface area contributed by atoms with Crippen molar-refractivity contribution < 1.29 is 0 Å². The third-order valence-electron chi connectivity index (χ3n) is 2.37. The number of pyridine rings is 1. The molecule has 14 heavy (non-hydrogen) atoms. The first kappa shape index (κ1) is 9.19. The molecule has 0 fully saturated rings. The number of fused-ring (bicyclic) bond motifs is 1. The predicted molar refractivity (Wildman–Crippen MR) is 57.3 cm³/mol. The first-order valence-corrected chi connectivity index (χ1v) is 5.06. The van der Waals surface area contributed by atoms with E-state index in [0.717, 1.165) is 23.4 Å². The van der Waals surface area contributed by atoms with E-state index in [-0.39, 0.29) is 0 Å². The van der Waals surface area contributed by atoms with Crippen molar-refractivity contribution in [2.45, 2.75) is 33.2 Å². The summed E-state index contributed by atoms with van der Waals surface area (Å²) in [5.74, 6) is 1.12. The molecule has 3 heteroatoms. The molecule has 0 amide bonds. The standard InChI is InChI=1S/C11H15N3/c1-4-10-13-11-9(6-5-7-12-11)14(10)8(2)3/h5-8H,4H2,1-3H3. The zero-order valence-corrected chi connectivity index (χ0v) is 8.86. The molecular formula is C11H15N3. The van der Waals surface area contributed by atoms with Crippen molar-refractivity contribution in [2.75, 3.05) is 0 Å². The predicted octanol–water partition coefficient (Wildman–Crippen LogP) is 2.57. The summed E-state index contributed by atoms with van der Waals surface area (Å²) in [6.07, 6.45) is 2.74. The van der Waals surface area contributed by atoms with Gasteiger partial charge in [0.2, 0.25) is 0 Å². The Morgan fingerprint density at radius 1 is 1.43 bits per heavy atom. The zero-order chi connectivity index (χ0) is 10.1. The van der Waals surface area contributed by atoms with E-state index in [0.29, 0.717) is 6.04 Å². The summed E-state index contributed by atoms with van der Waals surface area (Å²) in [4.78, 5) is 8.77. The number of aryl methyl sites for hydroxylation is 1. The Morgan fingerprint density at radius 3 is 2.86 bits per heavy atom. The Balaban J connectivity index is 2.74. The van der Waals surface area contributed by atoms with Gasteiger partial charge in [0.15, 0.2) is 5.65 Å². The highest BCUT2D eigenvalue weighted by atomic mass is 15.1. The van der Waals surface area contributed by atoms with E-state index in [1.54, 1.807) is 6.20 Å². The van der Waals surface area contributed by atoms with Crippen LogP contribution in [0, 0.1) is 0 Å². The minimum absolute atomic E-state index is 0.444. The number of rotatable bonds is 2. The molecule has 0 atom stereocenters. The van der Waals surface area contributed by atoms with Gasteiger partial charge in [0.1, 0.15) is 5.82 Å². The van der Waals surface area contributed by atoms with E-state index in [1.165, 1.54) is 0 Å². The Kier molecular flexibility index (Phi) is 2.23. The Bertz CT molecular complexity index is 443. The fourth-order valence-electron chi connectivity index (χ4n) is 1.80. The average molecular weight is 189 g/mol. The van der Waals surface area contributed by atoms with Crippen LogP contribution in [0.3, 0.4) is 0 Å². The van der Waals surface area contributed by atoms with Crippen molar-refractivity contribution in [3.05, 3.63) is 24.2 Å². The van der Waals surface area contributed by atoms with Gasteiger partial charge in [-0.05, 0) is 26.0 Å². The van der Waals surface area contributed by atoms with Gasteiger partial charge in [0.25, 0.3) is 0 Å². The topological polar surface area (TPSA) is 30.7 Å². The van der Waals surface area contributed by atoms with Crippen LogP contribution in [0.15, 0.2) is 18.3 Å². The Hall–Kier alpha value is -1.38. The quantitative estimate of drug-likeness (QED) is 0.727. The van der Waals surface area contributed by atoms with Crippen molar-refractivity contribution in [3.63, 3.8) is 0 Å². The fraction of sp³-hybridized carbons (Fsp3) is 0.455. The van der Waals surface area contributed by atoms with Crippen molar-refractivity contribution >= 4 is 11.2 Å². The molecule has 0 spiro atoms. The molecule has 0 saturated carbocycles. The molecule has 3 nitrogen and oxygen atoms in total. The van der Waals surface area contributed by atoms with Crippen LogP contribution in [0.1, 0.15) is 32.6 Å². The molecule has 0 N–H and O–H groups in total. The highest BCUT2D eigenvalue weighted by molar-refractivity contribution is 5.71. The number of nitrogens with zero attached hydrogens (tertiary/aromatic N) is 3. The summed E-state index contributed by atoms with van der Waals surface area (Å²) in [5, 5.41) is 0. The largest absolute Gasteiger partial charge is 0.324 e. The van der Waals surface area contributed by atoms with Crippen LogP contribution in [0.2, 0.25) is 0 Å². The molecule has 0 aliphatic carbocycles. The maximum Gasteiger partial charge on any atom is 0.177 e. The lowest BCUT2D eigenvalue weighted by molar-refractivity contribution is 0.588.